The van der Waals surface area contributed by atoms with Gasteiger partial charge in [0.1, 0.15) is 0 Å². The second-order valence-corrected chi connectivity index (χ2v) is 9.61. The van der Waals surface area contributed by atoms with Crippen LogP contribution in [0.3, 0.4) is 0 Å². The summed E-state index contributed by atoms with van der Waals surface area (Å²) in [5.41, 5.74) is -0.557. The van der Waals surface area contributed by atoms with Crippen molar-refractivity contribution < 1.29 is 29.1 Å². The predicted octanol–water partition coefficient (Wildman–Crippen LogP) is 5.84. The Labute approximate surface area is 168 Å². The van der Waals surface area contributed by atoms with Gasteiger partial charge in [0.2, 0.25) is 0 Å². The number of alkyl halides is 3. The summed E-state index contributed by atoms with van der Waals surface area (Å²) in [6.07, 6.45) is -4.36. The Kier molecular flexibility index (Phi) is 8.61. The van der Waals surface area contributed by atoms with Crippen LogP contribution in [0.4, 0.5) is 13.2 Å². The fourth-order valence-electron chi connectivity index (χ4n) is 2.49. The first-order chi connectivity index (χ1) is 12.5. The zero-order chi connectivity index (χ0) is 19.0. The van der Waals surface area contributed by atoms with Crippen LogP contribution in [-0.2, 0) is 22.1 Å². The van der Waals surface area contributed by atoms with Crippen molar-refractivity contribution in [3.05, 3.63) is 90.5 Å². The van der Waals surface area contributed by atoms with Gasteiger partial charge in [0.15, 0.2) is 0 Å². The maximum atomic E-state index is 13.5. The molecular weight excluding hydrogens is 494 g/mol. The SMILES string of the molecule is FC(F)(F)c1ccccc1P(c1ccccc1)c1ccccc1.[Cl][Pd][Cl]. The number of halogens is 5. The molecule has 0 spiro atoms. The van der Waals surface area contributed by atoms with Crippen LogP contribution >= 0.6 is 27.0 Å². The summed E-state index contributed by atoms with van der Waals surface area (Å²) < 4.78 is 40.4. The minimum atomic E-state index is -4.36. The van der Waals surface area contributed by atoms with Crippen LogP contribution in [0.25, 0.3) is 0 Å². The van der Waals surface area contributed by atoms with Crippen LogP contribution in [0.1, 0.15) is 5.56 Å². The molecule has 0 aliphatic rings. The van der Waals surface area contributed by atoms with Crippen molar-refractivity contribution in [2.45, 2.75) is 6.18 Å². The summed E-state index contributed by atoms with van der Waals surface area (Å²) in [4.78, 5) is 0. The molecule has 0 nitrogen and oxygen atoms in total. The summed E-state index contributed by atoms with van der Waals surface area (Å²) in [5, 5.41) is 2.16. The van der Waals surface area contributed by atoms with Gasteiger partial charge in [-0.15, -0.1) is 0 Å². The molecule has 0 atom stereocenters. The summed E-state index contributed by atoms with van der Waals surface area (Å²) in [6, 6.07) is 24.7. The molecule has 3 rings (SSSR count). The number of hydrogen-bond donors (Lipinski definition) is 0. The number of rotatable bonds is 3. The van der Waals surface area contributed by atoms with Crippen LogP contribution in [0.5, 0.6) is 0 Å². The topological polar surface area (TPSA) is 0 Å². The number of benzene rings is 3. The van der Waals surface area contributed by atoms with Crippen molar-refractivity contribution in [2.24, 2.45) is 0 Å². The molecule has 0 unspecified atom stereocenters. The molecule has 0 N–H and O–H groups in total. The van der Waals surface area contributed by atoms with Crippen LogP contribution in [0.2, 0.25) is 0 Å². The Morgan fingerprint density at radius 3 is 1.46 bits per heavy atom. The third-order valence-electron chi connectivity index (χ3n) is 3.48. The third-order valence-corrected chi connectivity index (χ3v) is 5.98. The zero-order valence-electron chi connectivity index (χ0n) is 13.2. The zero-order valence-corrected chi connectivity index (χ0v) is 17.2. The summed E-state index contributed by atoms with van der Waals surface area (Å²) in [6.45, 7) is 0. The van der Waals surface area contributed by atoms with Crippen molar-refractivity contribution in [2.75, 3.05) is 0 Å². The van der Waals surface area contributed by atoms with E-state index in [9.17, 15) is 13.2 Å². The molecule has 0 bridgehead atoms. The predicted molar refractivity (Wildman–Crippen MR) is 102 cm³/mol. The van der Waals surface area contributed by atoms with Crippen molar-refractivity contribution in [3.8, 4) is 0 Å². The summed E-state index contributed by atoms with van der Waals surface area (Å²) in [5.74, 6) is 0. The van der Waals surface area contributed by atoms with E-state index in [1.807, 2.05) is 60.7 Å². The maximum absolute atomic E-state index is 13.5. The molecule has 0 aliphatic carbocycles. The molecule has 0 saturated carbocycles. The van der Waals surface area contributed by atoms with E-state index in [-0.39, 0.29) is 15.9 Å². The molecule has 3 aromatic carbocycles. The first-order valence-electron chi connectivity index (χ1n) is 7.38. The molecule has 3 aromatic rings. The standard InChI is InChI=1S/C19H14F3P.2ClH.Pd/c20-19(21,22)17-13-7-8-14-18(17)23(15-9-3-1-4-10-15)16-11-5-2-6-12-16;;;/h1-14H;2*1H;/q;;;+2/p-2. The van der Waals surface area contributed by atoms with E-state index in [0.29, 0.717) is 5.30 Å². The molecular formula is C19H14Cl2F3PPd. The molecule has 7 heteroatoms. The number of hydrogen-bond acceptors (Lipinski definition) is 0. The Morgan fingerprint density at radius 1 is 0.654 bits per heavy atom. The molecule has 0 radical (unpaired) electrons. The molecule has 26 heavy (non-hydrogen) atoms. The van der Waals surface area contributed by atoms with E-state index in [2.05, 4.69) is 0 Å². The van der Waals surface area contributed by atoms with Gasteiger partial charge in [-0.25, -0.2) is 0 Å². The average Bonchev–Trinajstić information content (AvgIpc) is 2.64. The monoisotopic (exact) mass is 506 g/mol. The van der Waals surface area contributed by atoms with Gasteiger partial charge < -0.3 is 0 Å². The van der Waals surface area contributed by atoms with Crippen molar-refractivity contribution in [3.63, 3.8) is 0 Å². The van der Waals surface area contributed by atoms with E-state index in [1.54, 1.807) is 12.1 Å². The van der Waals surface area contributed by atoms with Crippen molar-refractivity contribution >= 4 is 42.9 Å². The normalized spacial score (nSPS) is 11.2. The Balaban J connectivity index is 0.000000758. The van der Waals surface area contributed by atoms with Gasteiger partial charge >= 0.3 is 41.2 Å². The van der Waals surface area contributed by atoms with Crippen LogP contribution in [-0.4, -0.2) is 0 Å². The first kappa shape index (κ1) is 21.4. The van der Waals surface area contributed by atoms with Gasteiger partial charge in [-0.2, -0.15) is 13.2 Å². The van der Waals surface area contributed by atoms with E-state index >= 15 is 0 Å². The van der Waals surface area contributed by atoms with E-state index in [4.69, 9.17) is 19.1 Å². The van der Waals surface area contributed by atoms with Gasteiger partial charge in [0.05, 0.1) is 5.56 Å². The fourth-order valence-corrected chi connectivity index (χ4v) is 4.96. The molecule has 140 valence electrons. The first-order valence-corrected chi connectivity index (χ1v) is 12.7. The minimum absolute atomic E-state index is 0.106. The van der Waals surface area contributed by atoms with Gasteiger partial charge in [-0.1, -0.05) is 78.9 Å². The van der Waals surface area contributed by atoms with Gasteiger partial charge in [0.25, 0.3) is 0 Å². The third kappa shape index (κ3) is 5.81. The molecule has 0 amide bonds. The van der Waals surface area contributed by atoms with Crippen molar-refractivity contribution in [1.82, 2.24) is 0 Å². The second-order valence-electron chi connectivity index (χ2n) is 5.07. The van der Waals surface area contributed by atoms with Crippen molar-refractivity contribution in [1.29, 1.82) is 0 Å². The second kappa shape index (κ2) is 10.5. The Morgan fingerprint density at radius 2 is 1.04 bits per heavy atom. The average molecular weight is 508 g/mol. The van der Waals surface area contributed by atoms with Crippen LogP contribution < -0.4 is 15.9 Å². The van der Waals surface area contributed by atoms with Gasteiger partial charge in [0, 0.05) is 0 Å². The van der Waals surface area contributed by atoms with E-state index in [1.165, 1.54) is 6.07 Å². The molecule has 0 heterocycles. The van der Waals surface area contributed by atoms with E-state index < -0.39 is 19.7 Å². The van der Waals surface area contributed by atoms with E-state index in [0.717, 1.165) is 16.7 Å². The fraction of sp³-hybridized carbons (Fsp3) is 0.0526. The summed E-state index contributed by atoms with van der Waals surface area (Å²) >= 11 is -0.106. The molecule has 0 saturated heterocycles. The Bertz CT molecular complexity index is 759. The molecule has 0 aromatic heterocycles. The van der Waals surface area contributed by atoms with Gasteiger partial charge in [-0.05, 0) is 29.9 Å². The van der Waals surface area contributed by atoms with Crippen LogP contribution in [0.15, 0.2) is 84.9 Å². The molecule has 0 aliphatic heterocycles. The van der Waals surface area contributed by atoms with Gasteiger partial charge in [-0.3, -0.25) is 0 Å². The molecule has 0 fully saturated rings. The quantitative estimate of drug-likeness (QED) is 0.309. The Hall–Kier alpha value is -0.878. The summed E-state index contributed by atoms with van der Waals surface area (Å²) in [7, 11) is 8.38. The van der Waals surface area contributed by atoms with Crippen LogP contribution in [0, 0.1) is 0 Å².